The van der Waals surface area contributed by atoms with Crippen molar-refractivity contribution < 1.29 is 18.3 Å². The molecule has 0 radical (unpaired) electrons. The SMILES string of the molecule is CCC(C)N(c1ccc(C)cc1C)S(=O)(=O)c1ccc(C(O)CNC2(C)COC2)c(C)c1. The summed E-state index contributed by atoms with van der Waals surface area (Å²) in [6.45, 7) is 13.4. The van der Waals surface area contributed by atoms with E-state index in [2.05, 4.69) is 12.2 Å². The Labute approximate surface area is 192 Å². The van der Waals surface area contributed by atoms with Crippen LogP contribution in [-0.4, -0.2) is 44.9 Å². The fourth-order valence-electron chi connectivity index (χ4n) is 4.08. The monoisotopic (exact) mass is 460 g/mol. The highest BCUT2D eigenvalue weighted by atomic mass is 32.2. The molecular formula is C25H36N2O4S. The van der Waals surface area contributed by atoms with Crippen LogP contribution in [0.2, 0.25) is 0 Å². The highest BCUT2D eigenvalue weighted by Crippen LogP contribution is 2.32. The summed E-state index contributed by atoms with van der Waals surface area (Å²) in [5, 5.41) is 14.0. The number of benzene rings is 2. The summed E-state index contributed by atoms with van der Waals surface area (Å²) >= 11 is 0. The molecule has 32 heavy (non-hydrogen) atoms. The Balaban J connectivity index is 1.91. The van der Waals surface area contributed by atoms with Crippen molar-refractivity contribution in [2.45, 2.75) is 70.5 Å². The molecule has 2 unspecified atom stereocenters. The van der Waals surface area contributed by atoms with Crippen molar-refractivity contribution in [2.75, 3.05) is 24.1 Å². The summed E-state index contributed by atoms with van der Waals surface area (Å²) in [7, 11) is -3.78. The van der Waals surface area contributed by atoms with Crippen molar-refractivity contribution in [1.29, 1.82) is 0 Å². The number of rotatable bonds is 9. The van der Waals surface area contributed by atoms with Crippen molar-refractivity contribution in [3.63, 3.8) is 0 Å². The summed E-state index contributed by atoms with van der Waals surface area (Å²) in [5.41, 5.74) is 4.09. The summed E-state index contributed by atoms with van der Waals surface area (Å²) < 4.78 is 34.3. The van der Waals surface area contributed by atoms with Gasteiger partial charge >= 0.3 is 0 Å². The van der Waals surface area contributed by atoms with Crippen molar-refractivity contribution in [3.05, 3.63) is 58.7 Å². The van der Waals surface area contributed by atoms with E-state index in [0.717, 1.165) is 22.3 Å². The van der Waals surface area contributed by atoms with Crippen LogP contribution in [0, 0.1) is 20.8 Å². The van der Waals surface area contributed by atoms with Gasteiger partial charge in [-0.05, 0) is 75.9 Å². The van der Waals surface area contributed by atoms with Crippen LogP contribution in [0.5, 0.6) is 0 Å². The maximum Gasteiger partial charge on any atom is 0.264 e. The summed E-state index contributed by atoms with van der Waals surface area (Å²) in [5.74, 6) is 0. The molecule has 2 atom stereocenters. The van der Waals surface area contributed by atoms with Gasteiger partial charge < -0.3 is 15.2 Å². The molecule has 0 aromatic heterocycles. The van der Waals surface area contributed by atoms with Crippen molar-refractivity contribution in [3.8, 4) is 0 Å². The molecule has 0 aliphatic carbocycles. The van der Waals surface area contributed by atoms with E-state index in [0.29, 0.717) is 31.9 Å². The van der Waals surface area contributed by atoms with Crippen molar-refractivity contribution >= 4 is 15.7 Å². The molecule has 0 spiro atoms. The molecule has 7 heteroatoms. The van der Waals surface area contributed by atoms with E-state index in [1.807, 2.05) is 52.8 Å². The third kappa shape index (κ3) is 5.01. The van der Waals surface area contributed by atoms with Gasteiger partial charge in [0.25, 0.3) is 10.0 Å². The highest BCUT2D eigenvalue weighted by molar-refractivity contribution is 7.92. The molecule has 1 saturated heterocycles. The van der Waals surface area contributed by atoms with Gasteiger partial charge in [0.15, 0.2) is 0 Å². The molecule has 1 heterocycles. The van der Waals surface area contributed by atoms with Gasteiger partial charge in [0.1, 0.15) is 0 Å². The standard InChI is InChI=1S/C25H36N2O4S/c1-7-20(5)27(23-11-8-17(2)12-19(23)4)32(29,30)21-9-10-22(18(3)13-21)24(28)14-26-25(6)15-31-16-25/h8-13,20,24,26,28H,7,14-16H2,1-6H3. The van der Waals surface area contributed by atoms with Gasteiger partial charge in [-0.2, -0.15) is 0 Å². The normalized spacial score (nSPS) is 17.5. The Morgan fingerprint density at radius 1 is 1.12 bits per heavy atom. The molecule has 3 rings (SSSR count). The third-order valence-corrected chi connectivity index (χ3v) is 8.23. The Morgan fingerprint density at radius 3 is 2.34 bits per heavy atom. The number of nitrogens with one attached hydrogen (secondary N) is 1. The zero-order valence-corrected chi connectivity index (χ0v) is 20.8. The molecule has 1 aliphatic rings. The van der Waals surface area contributed by atoms with Gasteiger partial charge in [-0.25, -0.2) is 8.42 Å². The summed E-state index contributed by atoms with van der Waals surface area (Å²) in [6, 6.07) is 10.6. The topological polar surface area (TPSA) is 78.9 Å². The lowest BCUT2D eigenvalue weighted by atomic mass is 9.98. The molecule has 2 aromatic carbocycles. The van der Waals surface area contributed by atoms with Crippen LogP contribution in [0.15, 0.2) is 41.3 Å². The highest BCUT2D eigenvalue weighted by Gasteiger charge is 2.34. The van der Waals surface area contributed by atoms with E-state index in [1.54, 1.807) is 18.2 Å². The number of ether oxygens (including phenoxy) is 1. The van der Waals surface area contributed by atoms with Gasteiger partial charge in [-0.3, -0.25) is 4.31 Å². The van der Waals surface area contributed by atoms with Crippen molar-refractivity contribution in [2.24, 2.45) is 0 Å². The molecule has 2 aromatic rings. The predicted molar refractivity (Wildman–Crippen MR) is 129 cm³/mol. The van der Waals surface area contributed by atoms with Crippen molar-refractivity contribution in [1.82, 2.24) is 5.32 Å². The van der Waals surface area contributed by atoms with Gasteiger partial charge in [-0.15, -0.1) is 0 Å². The molecule has 176 valence electrons. The number of aryl methyl sites for hydroxylation is 3. The predicted octanol–water partition coefficient (Wildman–Crippen LogP) is 4.02. The summed E-state index contributed by atoms with van der Waals surface area (Å²) in [4.78, 5) is 0.235. The second-order valence-corrected chi connectivity index (χ2v) is 11.1. The molecular weight excluding hydrogens is 424 g/mol. The van der Waals surface area contributed by atoms with E-state index >= 15 is 0 Å². The molecule has 6 nitrogen and oxygen atoms in total. The van der Waals surface area contributed by atoms with Crippen LogP contribution in [0.25, 0.3) is 0 Å². The van der Waals surface area contributed by atoms with Crippen LogP contribution < -0.4 is 9.62 Å². The first kappa shape index (κ1) is 24.7. The number of nitrogens with zero attached hydrogens (tertiary/aromatic N) is 1. The van der Waals surface area contributed by atoms with Gasteiger partial charge in [0, 0.05) is 12.6 Å². The van der Waals surface area contributed by atoms with Crippen LogP contribution >= 0.6 is 0 Å². The van der Waals surface area contributed by atoms with E-state index in [1.165, 1.54) is 4.31 Å². The van der Waals surface area contributed by atoms with E-state index in [4.69, 9.17) is 4.74 Å². The van der Waals surface area contributed by atoms with Gasteiger partial charge in [-0.1, -0.05) is 30.7 Å². The van der Waals surface area contributed by atoms with Crippen LogP contribution in [0.3, 0.4) is 0 Å². The largest absolute Gasteiger partial charge is 0.387 e. The third-order valence-electron chi connectivity index (χ3n) is 6.30. The summed E-state index contributed by atoms with van der Waals surface area (Å²) in [6.07, 6.45) is -0.0367. The van der Waals surface area contributed by atoms with Crippen LogP contribution in [0.4, 0.5) is 5.69 Å². The zero-order valence-electron chi connectivity index (χ0n) is 20.0. The zero-order chi connectivity index (χ0) is 23.7. The van der Waals surface area contributed by atoms with E-state index in [9.17, 15) is 13.5 Å². The number of hydrogen-bond acceptors (Lipinski definition) is 5. The fourth-order valence-corrected chi connectivity index (χ4v) is 5.96. The quantitative estimate of drug-likeness (QED) is 0.591. The molecule has 0 amide bonds. The lowest BCUT2D eigenvalue weighted by molar-refractivity contribution is -0.0679. The van der Waals surface area contributed by atoms with E-state index < -0.39 is 16.1 Å². The minimum Gasteiger partial charge on any atom is -0.387 e. The maximum absolute atomic E-state index is 13.7. The second kappa shape index (κ2) is 9.51. The Hall–Kier alpha value is -1.93. The molecule has 2 N–H and O–H groups in total. The smallest absolute Gasteiger partial charge is 0.264 e. The number of aliphatic hydroxyl groups is 1. The number of anilines is 1. The molecule has 0 bridgehead atoms. The maximum atomic E-state index is 13.7. The fraction of sp³-hybridized carbons (Fsp3) is 0.520. The average molecular weight is 461 g/mol. The number of β-amino-alcohol motifs (C(OH)–C–C–N with tert-alkyl or cyclic N) is 1. The Bertz CT molecular complexity index is 1060. The van der Waals surface area contributed by atoms with Crippen LogP contribution in [0.1, 0.15) is 55.5 Å². The first-order chi connectivity index (χ1) is 15.0. The number of sulfonamides is 1. The average Bonchev–Trinajstić information content (AvgIpc) is 2.72. The first-order valence-corrected chi connectivity index (χ1v) is 12.7. The van der Waals surface area contributed by atoms with E-state index in [-0.39, 0.29) is 16.5 Å². The number of aliphatic hydroxyl groups excluding tert-OH is 1. The van der Waals surface area contributed by atoms with Gasteiger partial charge in [0.05, 0.1) is 35.4 Å². The minimum absolute atomic E-state index is 0.110. The lowest BCUT2D eigenvalue weighted by Crippen LogP contribution is -2.58. The minimum atomic E-state index is -3.78. The lowest BCUT2D eigenvalue weighted by Gasteiger charge is -2.39. The van der Waals surface area contributed by atoms with Gasteiger partial charge in [0.2, 0.25) is 0 Å². The molecule has 1 fully saturated rings. The van der Waals surface area contributed by atoms with Crippen LogP contribution in [-0.2, 0) is 14.8 Å². The Morgan fingerprint density at radius 2 is 1.81 bits per heavy atom. The number of hydrogen-bond donors (Lipinski definition) is 2. The molecule has 0 saturated carbocycles. The molecule has 1 aliphatic heterocycles. The second-order valence-electron chi connectivity index (χ2n) is 9.32. The first-order valence-electron chi connectivity index (χ1n) is 11.2. The Kier molecular flexibility index (Phi) is 7.34.